The molecule has 0 radical (unpaired) electrons. The minimum atomic E-state index is -0.274. The van der Waals surface area contributed by atoms with E-state index < -0.39 is 0 Å². The van der Waals surface area contributed by atoms with Gasteiger partial charge in [0.05, 0.1) is 11.3 Å². The van der Waals surface area contributed by atoms with Crippen LogP contribution in [-0.4, -0.2) is 29.8 Å². The number of benzene rings is 2. The topological polar surface area (TPSA) is 40.6 Å². The standard InChI is InChI=1S/C26H29ClN2O2/c1-17-13-15-28(16-14-17)23-22(18-5-9-20(27)10-6-18)24(30)29(25(23)31)21-11-7-19(8-12-21)26(2,3)4/h5-12,17H,13-16H2,1-4H3. The summed E-state index contributed by atoms with van der Waals surface area (Å²) in [5, 5.41) is 0.601. The van der Waals surface area contributed by atoms with E-state index >= 15 is 0 Å². The molecule has 2 aliphatic rings. The van der Waals surface area contributed by atoms with Gasteiger partial charge in [0, 0.05) is 18.1 Å². The van der Waals surface area contributed by atoms with Crippen LogP contribution in [-0.2, 0) is 15.0 Å². The second kappa shape index (κ2) is 8.16. The van der Waals surface area contributed by atoms with E-state index in [9.17, 15) is 9.59 Å². The number of hydrogen-bond acceptors (Lipinski definition) is 3. The second-order valence-corrected chi connectivity index (χ2v) is 10.1. The summed E-state index contributed by atoms with van der Waals surface area (Å²) in [5.74, 6) is 0.113. The largest absolute Gasteiger partial charge is 0.366 e. The van der Waals surface area contributed by atoms with Crippen molar-refractivity contribution in [1.29, 1.82) is 0 Å². The molecule has 0 saturated carbocycles. The maximum atomic E-state index is 13.6. The first-order chi connectivity index (χ1) is 14.7. The first-order valence-corrected chi connectivity index (χ1v) is 11.3. The third-order valence-electron chi connectivity index (χ3n) is 6.28. The van der Waals surface area contributed by atoms with Crippen LogP contribution < -0.4 is 4.90 Å². The van der Waals surface area contributed by atoms with Crippen LogP contribution in [0.5, 0.6) is 0 Å². The van der Waals surface area contributed by atoms with Gasteiger partial charge in [0.2, 0.25) is 0 Å². The fraction of sp³-hybridized carbons (Fsp3) is 0.385. The van der Waals surface area contributed by atoms with Crippen molar-refractivity contribution in [3.05, 3.63) is 70.4 Å². The molecule has 2 aromatic carbocycles. The molecule has 0 N–H and O–H groups in total. The number of likely N-dealkylation sites (tertiary alicyclic amines) is 1. The van der Waals surface area contributed by atoms with Crippen molar-refractivity contribution in [2.45, 2.75) is 46.0 Å². The highest BCUT2D eigenvalue weighted by Crippen LogP contribution is 2.37. The number of imide groups is 1. The van der Waals surface area contributed by atoms with Gasteiger partial charge in [-0.3, -0.25) is 9.59 Å². The van der Waals surface area contributed by atoms with Crippen molar-refractivity contribution in [3.8, 4) is 0 Å². The highest BCUT2D eigenvalue weighted by Gasteiger charge is 2.43. The van der Waals surface area contributed by atoms with Crippen molar-refractivity contribution in [2.24, 2.45) is 5.92 Å². The predicted molar refractivity (Wildman–Crippen MR) is 126 cm³/mol. The summed E-state index contributed by atoms with van der Waals surface area (Å²) in [4.78, 5) is 30.6. The van der Waals surface area contributed by atoms with Crippen LogP contribution in [0.1, 0.15) is 51.7 Å². The Balaban J connectivity index is 1.76. The molecule has 1 saturated heterocycles. The van der Waals surface area contributed by atoms with E-state index in [4.69, 9.17) is 11.6 Å². The van der Waals surface area contributed by atoms with Gasteiger partial charge in [0.25, 0.3) is 11.8 Å². The van der Waals surface area contributed by atoms with E-state index in [2.05, 4.69) is 32.6 Å². The lowest BCUT2D eigenvalue weighted by atomic mass is 9.87. The number of rotatable bonds is 3. The summed E-state index contributed by atoms with van der Waals surface area (Å²) < 4.78 is 0. The minimum Gasteiger partial charge on any atom is -0.366 e. The SMILES string of the molecule is CC1CCN(C2=C(c3ccc(Cl)cc3)C(=O)N(c3ccc(C(C)(C)C)cc3)C2=O)CC1. The van der Waals surface area contributed by atoms with Gasteiger partial charge in [-0.2, -0.15) is 0 Å². The zero-order valence-electron chi connectivity index (χ0n) is 18.6. The van der Waals surface area contributed by atoms with E-state index in [0.29, 0.717) is 27.9 Å². The summed E-state index contributed by atoms with van der Waals surface area (Å²) in [6.07, 6.45) is 2.03. The van der Waals surface area contributed by atoms with Crippen LogP contribution in [0.25, 0.3) is 5.57 Å². The number of anilines is 1. The molecule has 2 heterocycles. The van der Waals surface area contributed by atoms with Crippen molar-refractivity contribution in [1.82, 2.24) is 4.90 Å². The average molecular weight is 437 g/mol. The van der Waals surface area contributed by atoms with E-state index in [-0.39, 0.29) is 17.2 Å². The fourth-order valence-corrected chi connectivity index (χ4v) is 4.39. The maximum absolute atomic E-state index is 13.6. The molecule has 4 nitrogen and oxygen atoms in total. The molecule has 0 atom stereocenters. The first-order valence-electron chi connectivity index (χ1n) is 10.9. The van der Waals surface area contributed by atoms with Crippen molar-refractivity contribution in [2.75, 3.05) is 18.0 Å². The molecule has 0 aliphatic carbocycles. The average Bonchev–Trinajstić information content (AvgIpc) is 2.99. The zero-order valence-corrected chi connectivity index (χ0v) is 19.4. The Morgan fingerprint density at radius 2 is 1.45 bits per heavy atom. The highest BCUT2D eigenvalue weighted by atomic mass is 35.5. The number of carbonyl (C=O) groups excluding carboxylic acids is 2. The van der Waals surface area contributed by atoms with Gasteiger partial charge in [-0.1, -0.05) is 63.6 Å². The maximum Gasteiger partial charge on any atom is 0.282 e. The summed E-state index contributed by atoms with van der Waals surface area (Å²) in [6.45, 7) is 10.2. The van der Waals surface area contributed by atoms with Crippen LogP contribution in [0.4, 0.5) is 5.69 Å². The van der Waals surface area contributed by atoms with E-state index in [0.717, 1.165) is 37.1 Å². The quantitative estimate of drug-likeness (QED) is 0.583. The summed E-state index contributed by atoms with van der Waals surface area (Å²) in [7, 11) is 0. The molecule has 4 rings (SSSR count). The summed E-state index contributed by atoms with van der Waals surface area (Å²) >= 11 is 6.07. The number of nitrogens with zero attached hydrogens (tertiary/aromatic N) is 2. The number of hydrogen-bond donors (Lipinski definition) is 0. The van der Waals surface area contributed by atoms with Crippen LogP contribution in [0.2, 0.25) is 5.02 Å². The Morgan fingerprint density at radius 3 is 2.00 bits per heavy atom. The third kappa shape index (κ3) is 4.14. The highest BCUT2D eigenvalue weighted by molar-refractivity contribution is 6.45. The molecule has 162 valence electrons. The smallest absolute Gasteiger partial charge is 0.282 e. The van der Waals surface area contributed by atoms with E-state index in [1.807, 2.05) is 36.4 Å². The van der Waals surface area contributed by atoms with Crippen molar-refractivity contribution >= 4 is 34.7 Å². The number of amides is 2. The number of halogens is 1. The molecule has 31 heavy (non-hydrogen) atoms. The van der Waals surface area contributed by atoms with Crippen LogP contribution in [0, 0.1) is 5.92 Å². The lowest BCUT2D eigenvalue weighted by Crippen LogP contribution is -2.38. The molecule has 2 amide bonds. The van der Waals surface area contributed by atoms with Gasteiger partial charge in [-0.05, 0) is 59.6 Å². The zero-order chi connectivity index (χ0) is 22.3. The Hall–Kier alpha value is -2.59. The Labute approximate surface area is 189 Å². The van der Waals surface area contributed by atoms with Crippen LogP contribution >= 0.6 is 11.6 Å². The summed E-state index contributed by atoms with van der Waals surface area (Å²) in [5.41, 5.74) is 3.47. The molecule has 2 aliphatic heterocycles. The minimum absolute atomic E-state index is 0.0000704. The van der Waals surface area contributed by atoms with Crippen molar-refractivity contribution < 1.29 is 9.59 Å². The molecule has 5 heteroatoms. The lowest BCUT2D eigenvalue weighted by Gasteiger charge is -2.32. The van der Waals surface area contributed by atoms with Gasteiger partial charge in [-0.25, -0.2) is 4.90 Å². The first kappa shape index (κ1) is 21.6. The van der Waals surface area contributed by atoms with Gasteiger partial charge < -0.3 is 4.90 Å². The monoisotopic (exact) mass is 436 g/mol. The molecule has 0 bridgehead atoms. The Kier molecular flexibility index (Phi) is 5.69. The second-order valence-electron chi connectivity index (χ2n) is 9.64. The molecule has 0 unspecified atom stereocenters. The Morgan fingerprint density at radius 1 is 0.871 bits per heavy atom. The molecule has 1 fully saturated rings. The molecule has 2 aromatic rings. The normalized spacial score (nSPS) is 18.4. The van der Waals surface area contributed by atoms with E-state index in [1.165, 1.54) is 4.90 Å². The van der Waals surface area contributed by atoms with Gasteiger partial charge in [0.15, 0.2) is 0 Å². The van der Waals surface area contributed by atoms with E-state index in [1.54, 1.807) is 12.1 Å². The van der Waals surface area contributed by atoms with Gasteiger partial charge >= 0.3 is 0 Å². The number of piperidine rings is 1. The van der Waals surface area contributed by atoms with Crippen LogP contribution in [0.15, 0.2) is 54.2 Å². The van der Waals surface area contributed by atoms with Gasteiger partial charge in [-0.15, -0.1) is 0 Å². The molecular formula is C26H29ClN2O2. The lowest BCUT2D eigenvalue weighted by molar-refractivity contribution is -0.120. The molecule has 0 aromatic heterocycles. The molecular weight excluding hydrogens is 408 g/mol. The van der Waals surface area contributed by atoms with Crippen LogP contribution in [0.3, 0.4) is 0 Å². The summed E-state index contributed by atoms with van der Waals surface area (Å²) in [6, 6.07) is 14.9. The third-order valence-corrected chi connectivity index (χ3v) is 6.54. The number of carbonyl (C=O) groups is 2. The Bertz CT molecular complexity index is 1020. The van der Waals surface area contributed by atoms with Gasteiger partial charge in [0.1, 0.15) is 5.70 Å². The van der Waals surface area contributed by atoms with Crippen molar-refractivity contribution in [3.63, 3.8) is 0 Å². The molecule has 0 spiro atoms. The fourth-order valence-electron chi connectivity index (χ4n) is 4.27. The predicted octanol–water partition coefficient (Wildman–Crippen LogP) is 5.65.